The zero-order chi connectivity index (χ0) is 18.4. The largest absolute Gasteiger partial charge is 0.466 e. The summed E-state index contributed by atoms with van der Waals surface area (Å²) in [6, 6.07) is 1.65. The van der Waals surface area contributed by atoms with Gasteiger partial charge in [-0.1, -0.05) is 0 Å². The maximum atomic E-state index is 13.1. The minimum atomic E-state index is -1.54. The number of benzene rings is 1. The van der Waals surface area contributed by atoms with Crippen LogP contribution in [0.4, 0.5) is 13.2 Å². The number of likely N-dealkylation sites (tertiary alicyclic amines) is 1. The molecule has 1 fully saturated rings. The van der Waals surface area contributed by atoms with Crippen molar-refractivity contribution in [1.82, 2.24) is 4.90 Å². The van der Waals surface area contributed by atoms with Crippen LogP contribution >= 0.6 is 0 Å². The van der Waals surface area contributed by atoms with Crippen LogP contribution in [0.2, 0.25) is 0 Å². The second-order valence-electron chi connectivity index (χ2n) is 5.91. The van der Waals surface area contributed by atoms with Crippen LogP contribution in [0.1, 0.15) is 31.7 Å². The van der Waals surface area contributed by atoms with Crippen LogP contribution in [0.3, 0.4) is 0 Å². The van der Waals surface area contributed by atoms with Gasteiger partial charge in [-0.25, -0.2) is 13.2 Å². The number of amides is 1. The lowest BCUT2D eigenvalue weighted by atomic mass is 9.93. The van der Waals surface area contributed by atoms with E-state index in [1.54, 1.807) is 11.8 Å². The molecule has 0 spiro atoms. The average Bonchev–Trinajstić information content (AvgIpc) is 2.58. The molecule has 0 radical (unpaired) electrons. The van der Waals surface area contributed by atoms with Gasteiger partial charge < -0.3 is 9.64 Å². The monoisotopic (exact) mass is 355 g/mol. The lowest BCUT2D eigenvalue weighted by Gasteiger charge is -2.30. The van der Waals surface area contributed by atoms with E-state index in [2.05, 4.69) is 0 Å². The first-order valence-corrected chi connectivity index (χ1v) is 8.17. The maximum absolute atomic E-state index is 13.1. The number of nitrogens with zero attached hydrogens (tertiary/aromatic N) is 1. The molecule has 1 aliphatic rings. The van der Waals surface area contributed by atoms with Crippen molar-refractivity contribution in [2.24, 2.45) is 5.92 Å². The number of hydrogen-bond acceptors (Lipinski definition) is 3. The van der Waals surface area contributed by atoms with E-state index in [0.717, 1.165) is 12.1 Å². The van der Waals surface area contributed by atoms with Crippen LogP contribution in [0, 0.1) is 23.4 Å². The molecule has 0 aromatic heterocycles. The molecule has 7 heteroatoms. The average molecular weight is 355 g/mol. The van der Waals surface area contributed by atoms with Gasteiger partial charge >= 0.3 is 5.97 Å². The summed E-state index contributed by atoms with van der Waals surface area (Å²) in [6.07, 6.45) is 4.19. The van der Waals surface area contributed by atoms with Crippen molar-refractivity contribution in [3.05, 3.63) is 41.2 Å². The molecule has 1 saturated heterocycles. The zero-order valence-electron chi connectivity index (χ0n) is 13.9. The summed E-state index contributed by atoms with van der Waals surface area (Å²) in [5.41, 5.74) is 0.0712. The van der Waals surface area contributed by atoms with Gasteiger partial charge in [0, 0.05) is 25.6 Å². The minimum Gasteiger partial charge on any atom is -0.466 e. The minimum absolute atomic E-state index is 0.0712. The molecule has 1 heterocycles. The number of hydrogen-bond donors (Lipinski definition) is 0. The molecule has 0 aliphatic carbocycles. The SMILES string of the molecule is CCOC(=O)CC1CCN(C(=O)C=Cc2cc(F)c(F)c(F)c2)CC1. The Morgan fingerprint density at radius 3 is 2.36 bits per heavy atom. The van der Waals surface area contributed by atoms with Crippen LogP contribution in [-0.2, 0) is 14.3 Å². The highest BCUT2D eigenvalue weighted by atomic mass is 19.2. The fraction of sp³-hybridized carbons (Fsp3) is 0.444. The van der Waals surface area contributed by atoms with Gasteiger partial charge in [0.1, 0.15) is 0 Å². The van der Waals surface area contributed by atoms with Crippen LogP contribution in [0.15, 0.2) is 18.2 Å². The number of esters is 1. The summed E-state index contributed by atoms with van der Waals surface area (Å²) in [7, 11) is 0. The Labute approximate surface area is 144 Å². The summed E-state index contributed by atoms with van der Waals surface area (Å²) < 4.78 is 44.1. The molecular formula is C18H20F3NO3. The van der Waals surface area contributed by atoms with E-state index in [1.165, 1.54) is 12.2 Å². The summed E-state index contributed by atoms with van der Waals surface area (Å²) in [5.74, 6) is -4.47. The Balaban J connectivity index is 1.87. The van der Waals surface area contributed by atoms with Crippen LogP contribution in [0.25, 0.3) is 6.08 Å². The number of halogens is 3. The molecule has 1 aliphatic heterocycles. The predicted octanol–water partition coefficient (Wildman–Crippen LogP) is 3.31. The third-order valence-electron chi connectivity index (χ3n) is 4.11. The van der Waals surface area contributed by atoms with Crippen LogP contribution < -0.4 is 0 Å². The molecule has 1 aromatic rings. The lowest BCUT2D eigenvalue weighted by molar-refractivity contribution is -0.144. The van der Waals surface area contributed by atoms with Crippen molar-refractivity contribution in [3.63, 3.8) is 0 Å². The van der Waals surface area contributed by atoms with Gasteiger partial charge in [0.15, 0.2) is 17.5 Å². The molecule has 0 bridgehead atoms. The molecule has 2 rings (SSSR count). The second-order valence-corrected chi connectivity index (χ2v) is 5.91. The van der Waals surface area contributed by atoms with Gasteiger partial charge in [-0.05, 0) is 49.5 Å². The topological polar surface area (TPSA) is 46.6 Å². The molecule has 136 valence electrons. The van der Waals surface area contributed by atoms with Crippen LogP contribution in [-0.4, -0.2) is 36.5 Å². The predicted molar refractivity (Wildman–Crippen MR) is 85.9 cm³/mol. The maximum Gasteiger partial charge on any atom is 0.306 e. The fourth-order valence-corrected chi connectivity index (χ4v) is 2.76. The molecule has 0 saturated carbocycles. The molecule has 0 atom stereocenters. The van der Waals surface area contributed by atoms with E-state index in [4.69, 9.17) is 4.74 Å². The number of rotatable bonds is 5. The molecule has 0 N–H and O–H groups in total. The van der Waals surface area contributed by atoms with Gasteiger partial charge in [0.2, 0.25) is 5.91 Å². The third-order valence-corrected chi connectivity index (χ3v) is 4.11. The summed E-state index contributed by atoms with van der Waals surface area (Å²) in [5, 5.41) is 0. The van der Waals surface area contributed by atoms with E-state index in [1.807, 2.05) is 0 Å². The Hall–Kier alpha value is -2.31. The van der Waals surface area contributed by atoms with E-state index in [9.17, 15) is 22.8 Å². The first-order chi connectivity index (χ1) is 11.9. The van der Waals surface area contributed by atoms with E-state index in [-0.39, 0.29) is 23.4 Å². The normalized spacial score (nSPS) is 15.6. The van der Waals surface area contributed by atoms with Crippen molar-refractivity contribution in [3.8, 4) is 0 Å². The van der Waals surface area contributed by atoms with Crippen LogP contribution in [0.5, 0.6) is 0 Å². The van der Waals surface area contributed by atoms with Crippen molar-refractivity contribution < 1.29 is 27.5 Å². The molecule has 0 unspecified atom stereocenters. The Morgan fingerprint density at radius 2 is 1.80 bits per heavy atom. The van der Waals surface area contributed by atoms with E-state index >= 15 is 0 Å². The van der Waals surface area contributed by atoms with Gasteiger partial charge in [-0.2, -0.15) is 0 Å². The molecule has 25 heavy (non-hydrogen) atoms. The lowest BCUT2D eigenvalue weighted by Crippen LogP contribution is -2.38. The van der Waals surface area contributed by atoms with Crippen molar-refractivity contribution >= 4 is 18.0 Å². The first kappa shape index (κ1) is 19.0. The number of carbonyl (C=O) groups is 2. The zero-order valence-corrected chi connectivity index (χ0v) is 13.9. The summed E-state index contributed by atoms with van der Waals surface area (Å²) in [6.45, 7) is 3.11. The number of piperidine rings is 1. The highest BCUT2D eigenvalue weighted by Gasteiger charge is 2.23. The molecular weight excluding hydrogens is 335 g/mol. The Kier molecular flexibility index (Phi) is 6.61. The summed E-state index contributed by atoms with van der Waals surface area (Å²) in [4.78, 5) is 25.2. The van der Waals surface area contributed by atoms with Gasteiger partial charge in [-0.3, -0.25) is 9.59 Å². The highest BCUT2D eigenvalue weighted by molar-refractivity contribution is 5.91. The van der Waals surface area contributed by atoms with Gasteiger partial charge in [0.25, 0.3) is 0 Å². The molecule has 1 amide bonds. The first-order valence-electron chi connectivity index (χ1n) is 8.17. The van der Waals surface area contributed by atoms with Gasteiger partial charge in [0.05, 0.1) is 6.61 Å². The van der Waals surface area contributed by atoms with E-state index < -0.39 is 17.5 Å². The van der Waals surface area contributed by atoms with Gasteiger partial charge in [-0.15, -0.1) is 0 Å². The standard InChI is InChI=1S/C18H20F3NO3/c1-2-25-17(24)11-12-5-7-22(8-6-12)16(23)4-3-13-9-14(19)18(21)15(20)10-13/h3-4,9-10,12H,2,5-8,11H2,1H3. The van der Waals surface area contributed by atoms with Crippen molar-refractivity contribution in [2.75, 3.05) is 19.7 Å². The van der Waals surface area contributed by atoms with E-state index in [0.29, 0.717) is 39.0 Å². The third kappa shape index (κ3) is 5.34. The molecule has 1 aromatic carbocycles. The highest BCUT2D eigenvalue weighted by Crippen LogP contribution is 2.21. The smallest absolute Gasteiger partial charge is 0.306 e. The summed E-state index contributed by atoms with van der Waals surface area (Å²) >= 11 is 0. The molecule has 4 nitrogen and oxygen atoms in total. The number of ether oxygens (including phenoxy) is 1. The quantitative estimate of drug-likeness (QED) is 0.462. The Bertz CT molecular complexity index is 645. The fourth-order valence-electron chi connectivity index (χ4n) is 2.76. The van der Waals surface area contributed by atoms with Crippen molar-refractivity contribution in [2.45, 2.75) is 26.2 Å². The Morgan fingerprint density at radius 1 is 1.20 bits per heavy atom. The second kappa shape index (κ2) is 8.69. The van der Waals surface area contributed by atoms with Crippen molar-refractivity contribution in [1.29, 1.82) is 0 Å². The number of carbonyl (C=O) groups excluding carboxylic acids is 2.